The molecular formula is C18H21FN6. The number of benzene rings is 1. The molecule has 3 rings (SSSR count). The van der Waals surface area contributed by atoms with Gasteiger partial charge in [-0.1, -0.05) is 6.07 Å². The lowest BCUT2D eigenvalue weighted by atomic mass is 10.1. The number of rotatable bonds is 4. The number of para-hydroxylation sites is 1. The Bertz CT molecular complexity index is 793. The average Bonchev–Trinajstić information content (AvgIpc) is 2.61. The second-order valence-electron chi connectivity index (χ2n) is 5.94. The van der Waals surface area contributed by atoms with Crippen molar-refractivity contribution in [2.45, 2.75) is 13.8 Å². The van der Waals surface area contributed by atoms with Crippen LogP contribution in [-0.4, -0.2) is 42.7 Å². The summed E-state index contributed by atoms with van der Waals surface area (Å²) < 4.78 is 14.2. The number of aromatic nitrogens is 2. The van der Waals surface area contributed by atoms with Crippen LogP contribution in [0.15, 0.2) is 24.3 Å². The molecule has 1 saturated heterocycles. The third-order valence-corrected chi connectivity index (χ3v) is 4.20. The van der Waals surface area contributed by atoms with Crippen LogP contribution in [0.5, 0.6) is 0 Å². The number of hydrogen-bond donors (Lipinski definition) is 1. The Kier molecular flexibility index (Phi) is 4.98. The summed E-state index contributed by atoms with van der Waals surface area (Å²) in [6.07, 6.45) is 0. The normalized spacial score (nSPS) is 14.3. The Labute approximate surface area is 146 Å². The van der Waals surface area contributed by atoms with Gasteiger partial charge >= 0.3 is 0 Å². The first-order valence-electron chi connectivity index (χ1n) is 8.40. The molecule has 2 heterocycles. The van der Waals surface area contributed by atoms with E-state index in [4.69, 9.17) is 0 Å². The third-order valence-electron chi connectivity index (χ3n) is 4.20. The van der Waals surface area contributed by atoms with Crippen LogP contribution in [0.4, 0.5) is 21.8 Å². The van der Waals surface area contributed by atoms with Crippen LogP contribution in [-0.2, 0) is 0 Å². The molecule has 0 bridgehead atoms. The fraction of sp³-hybridized carbons (Fsp3) is 0.389. The smallest absolute Gasteiger partial charge is 0.224 e. The van der Waals surface area contributed by atoms with Gasteiger partial charge in [-0.3, -0.25) is 0 Å². The lowest BCUT2D eigenvalue weighted by molar-refractivity contribution is 0.595. The lowest BCUT2D eigenvalue weighted by Gasteiger charge is -2.37. The van der Waals surface area contributed by atoms with Gasteiger partial charge in [0.15, 0.2) is 0 Å². The highest BCUT2D eigenvalue weighted by Crippen LogP contribution is 2.26. The minimum absolute atomic E-state index is 0.347. The number of nitriles is 1. The van der Waals surface area contributed by atoms with Crippen molar-refractivity contribution in [3.63, 3.8) is 0 Å². The molecule has 0 atom stereocenters. The summed E-state index contributed by atoms with van der Waals surface area (Å²) in [4.78, 5) is 13.0. The van der Waals surface area contributed by atoms with E-state index in [1.165, 1.54) is 6.07 Å². The van der Waals surface area contributed by atoms with Crippen molar-refractivity contribution < 1.29 is 4.39 Å². The van der Waals surface area contributed by atoms with E-state index in [9.17, 15) is 9.65 Å². The zero-order chi connectivity index (χ0) is 17.8. The Hall–Kier alpha value is -2.88. The Morgan fingerprint density at radius 1 is 1.20 bits per heavy atom. The van der Waals surface area contributed by atoms with Crippen LogP contribution in [0.2, 0.25) is 0 Å². The molecule has 1 aromatic carbocycles. The molecule has 1 aliphatic rings. The fourth-order valence-electron chi connectivity index (χ4n) is 3.04. The number of piperazine rings is 1. The zero-order valence-electron chi connectivity index (χ0n) is 14.5. The van der Waals surface area contributed by atoms with Crippen molar-refractivity contribution in [1.29, 1.82) is 5.26 Å². The minimum atomic E-state index is -0.347. The molecule has 2 aromatic rings. The molecule has 25 heavy (non-hydrogen) atoms. The molecule has 1 aliphatic heterocycles. The summed E-state index contributed by atoms with van der Waals surface area (Å²) in [6, 6.07) is 8.66. The SMILES string of the molecule is CCNc1nc(C)cc(N2CCN(c3c(F)cccc3C#N)CC2)n1. The van der Waals surface area contributed by atoms with Crippen molar-refractivity contribution in [2.24, 2.45) is 0 Å². The minimum Gasteiger partial charge on any atom is -0.365 e. The highest BCUT2D eigenvalue weighted by Gasteiger charge is 2.23. The fourth-order valence-corrected chi connectivity index (χ4v) is 3.04. The predicted molar refractivity (Wildman–Crippen MR) is 96.5 cm³/mol. The van der Waals surface area contributed by atoms with Gasteiger partial charge in [0.2, 0.25) is 5.95 Å². The van der Waals surface area contributed by atoms with Gasteiger partial charge in [0.1, 0.15) is 17.7 Å². The first kappa shape index (κ1) is 17.0. The largest absolute Gasteiger partial charge is 0.365 e. The van der Waals surface area contributed by atoms with Crippen LogP contribution in [0.3, 0.4) is 0 Å². The van der Waals surface area contributed by atoms with Gasteiger partial charge in [-0.25, -0.2) is 9.37 Å². The first-order valence-corrected chi connectivity index (χ1v) is 8.40. The maximum atomic E-state index is 14.2. The van der Waals surface area contributed by atoms with Gasteiger partial charge in [-0.15, -0.1) is 0 Å². The number of hydrogen-bond acceptors (Lipinski definition) is 6. The van der Waals surface area contributed by atoms with Crippen LogP contribution >= 0.6 is 0 Å². The van der Waals surface area contributed by atoms with E-state index in [1.807, 2.05) is 24.8 Å². The summed E-state index contributed by atoms with van der Waals surface area (Å²) in [5.41, 5.74) is 1.68. The van der Waals surface area contributed by atoms with E-state index >= 15 is 0 Å². The van der Waals surface area contributed by atoms with E-state index in [0.29, 0.717) is 43.4 Å². The van der Waals surface area contributed by atoms with Gasteiger partial charge in [-0.2, -0.15) is 10.2 Å². The number of anilines is 3. The van der Waals surface area contributed by atoms with Crippen molar-refractivity contribution in [3.8, 4) is 6.07 Å². The number of aryl methyl sites for hydroxylation is 1. The van der Waals surface area contributed by atoms with Gasteiger partial charge < -0.3 is 15.1 Å². The molecule has 0 amide bonds. The van der Waals surface area contributed by atoms with Gasteiger partial charge in [0.25, 0.3) is 0 Å². The first-order chi connectivity index (χ1) is 12.1. The molecule has 0 radical (unpaired) electrons. The number of nitrogens with zero attached hydrogens (tertiary/aromatic N) is 5. The highest BCUT2D eigenvalue weighted by atomic mass is 19.1. The monoisotopic (exact) mass is 340 g/mol. The summed E-state index contributed by atoms with van der Waals surface area (Å²) in [6.45, 7) is 7.40. The van der Waals surface area contributed by atoms with Crippen molar-refractivity contribution in [1.82, 2.24) is 9.97 Å². The van der Waals surface area contributed by atoms with E-state index in [1.54, 1.807) is 12.1 Å². The zero-order valence-corrected chi connectivity index (χ0v) is 14.5. The summed E-state index contributed by atoms with van der Waals surface area (Å²) in [5.74, 6) is 1.15. The lowest BCUT2D eigenvalue weighted by Crippen LogP contribution is -2.47. The molecule has 0 unspecified atom stereocenters. The van der Waals surface area contributed by atoms with Crippen LogP contribution in [0.1, 0.15) is 18.2 Å². The number of halogens is 1. The Morgan fingerprint density at radius 3 is 2.60 bits per heavy atom. The van der Waals surface area contributed by atoms with Gasteiger partial charge in [-0.05, 0) is 26.0 Å². The summed E-state index contributed by atoms with van der Waals surface area (Å²) in [5, 5.41) is 12.4. The summed E-state index contributed by atoms with van der Waals surface area (Å²) in [7, 11) is 0. The van der Waals surface area contributed by atoms with E-state index in [-0.39, 0.29) is 5.82 Å². The van der Waals surface area contributed by atoms with Crippen molar-refractivity contribution in [3.05, 3.63) is 41.3 Å². The molecule has 1 fully saturated rings. The molecule has 0 spiro atoms. The van der Waals surface area contributed by atoms with E-state index in [2.05, 4.69) is 26.3 Å². The molecule has 0 saturated carbocycles. The Morgan fingerprint density at radius 2 is 1.92 bits per heavy atom. The molecule has 1 aromatic heterocycles. The molecule has 130 valence electrons. The standard InChI is InChI=1S/C18H21FN6/c1-3-21-18-22-13(2)11-16(23-18)24-7-9-25(10-8-24)17-14(12-20)5-4-6-15(17)19/h4-6,11H,3,7-10H2,1-2H3,(H,21,22,23). The van der Waals surface area contributed by atoms with Crippen molar-refractivity contribution >= 4 is 17.5 Å². The van der Waals surface area contributed by atoms with Crippen LogP contribution in [0, 0.1) is 24.1 Å². The van der Waals surface area contributed by atoms with Crippen LogP contribution < -0.4 is 15.1 Å². The van der Waals surface area contributed by atoms with Gasteiger partial charge in [0.05, 0.1) is 11.3 Å². The number of nitrogens with one attached hydrogen (secondary N) is 1. The maximum absolute atomic E-state index is 14.2. The molecular weight excluding hydrogens is 319 g/mol. The van der Waals surface area contributed by atoms with Crippen molar-refractivity contribution in [2.75, 3.05) is 47.8 Å². The predicted octanol–water partition coefficient (Wildman–Crippen LogP) is 2.55. The quantitative estimate of drug-likeness (QED) is 0.922. The highest BCUT2D eigenvalue weighted by molar-refractivity contribution is 5.61. The second kappa shape index (κ2) is 7.34. The third kappa shape index (κ3) is 3.63. The van der Waals surface area contributed by atoms with E-state index in [0.717, 1.165) is 18.1 Å². The second-order valence-corrected chi connectivity index (χ2v) is 5.94. The molecule has 7 heteroatoms. The maximum Gasteiger partial charge on any atom is 0.224 e. The molecule has 1 N–H and O–H groups in total. The van der Waals surface area contributed by atoms with Gasteiger partial charge in [0, 0.05) is 44.5 Å². The average molecular weight is 340 g/mol. The van der Waals surface area contributed by atoms with Crippen LogP contribution in [0.25, 0.3) is 0 Å². The van der Waals surface area contributed by atoms with E-state index < -0.39 is 0 Å². The topological polar surface area (TPSA) is 68.1 Å². The Balaban J connectivity index is 1.76. The molecule has 6 nitrogen and oxygen atoms in total. The summed E-state index contributed by atoms with van der Waals surface area (Å²) >= 11 is 0. The molecule has 0 aliphatic carbocycles.